The lowest BCUT2D eigenvalue weighted by Gasteiger charge is -2.10. The Morgan fingerprint density at radius 1 is 1.09 bits per heavy atom. The van der Waals surface area contributed by atoms with E-state index in [0.717, 1.165) is 17.2 Å². The van der Waals surface area contributed by atoms with Gasteiger partial charge in [0.15, 0.2) is 5.75 Å². The first-order chi connectivity index (χ1) is 10.7. The molecule has 23 heavy (non-hydrogen) atoms. The highest BCUT2D eigenvalue weighted by Gasteiger charge is 2.22. The maximum atomic E-state index is 12.4. The van der Waals surface area contributed by atoms with Crippen molar-refractivity contribution in [2.24, 2.45) is 0 Å². The van der Waals surface area contributed by atoms with E-state index in [1.165, 1.54) is 19.2 Å². The zero-order chi connectivity index (χ0) is 17.2. The van der Waals surface area contributed by atoms with Crippen LogP contribution in [-0.2, 0) is 10.0 Å². The van der Waals surface area contributed by atoms with Crippen molar-refractivity contribution in [1.82, 2.24) is 0 Å². The van der Waals surface area contributed by atoms with Gasteiger partial charge in [-0.25, -0.2) is 8.42 Å². The largest absolute Gasteiger partial charge is 0.490 e. The molecule has 0 aliphatic heterocycles. The number of methoxy groups -OCH3 is 1. The van der Waals surface area contributed by atoms with Crippen LogP contribution in [0.3, 0.4) is 0 Å². The molecule has 0 saturated heterocycles. The van der Waals surface area contributed by atoms with E-state index in [-0.39, 0.29) is 10.6 Å². The van der Waals surface area contributed by atoms with Crippen molar-refractivity contribution in [3.05, 3.63) is 57.6 Å². The number of aryl methyl sites for hydroxylation is 2. The van der Waals surface area contributed by atoms with Gasteiger partial charge in [-0.2, -0.15) is 0 Å². The molecule has 0 radical (unpaired) electrons. The molecule has 8 heteroatoms. The summed E-state index contributed by atoms with van der Waals surface area (Å²) in [4.78, 5) is 10.1. The number of nitro groups is 1. The summed E-state index contributed by atoms with van der Waals surface area (Å²) >= 11 is 0. The fourth-order valence-electron chi connectivity index (χ4n) is 2.23. The minimum atomic E-state index is -3.94. The second-order valence-corrected chi connectivity index (χ2v) is 6.76. The molecule has 0 atom stereocenters. The van der Waals surface area contributed by atoms with E-state index in [1.807, 2.05) is 19.9 Å². The number of nitrogens with one attached hydrogen (secondary N) is 1. The second kappa shape index (κ2) is 6.25. The third kappa shape index (κ3) is 3.78. The first kappa shape index (κ1) is 16.8. The summed E-state index contributed by atoms with van der Waals surface area (Å²) in [7, 11) is -2.66. The van der Waals surface area contributed by atoms with Crippen molar-refractivity contribution < 1.29 is 18.1 Å². The van der Waals surface area contributed by atoms with Crippen LogP contribution in [0.1, 0.15) is 11.1 Å². The van der Waals surface area contributed by atoms with Crippen LogP contribution in [0.25, 0.3) is 0 Å². The highest BCUT2D eigenvalue weighted by Crippen LogP contribution is 2.30. The summed E-state index contributed by atoms with van der Waals surface area (Å²) in [5.41, 5.74) is 1.81. The zero-order valence-corrected chi connectivity index (χ0v) is 13.7. The summed E-state index contributed by atoms with van der Waals surface area (Å²) in [6.07, 6.45) is 0. The molecule has 2 aromatic rings. The van der Waals surface area contributed by atoms with Gasteiger partial charge in [0.1, 0.15) is 0 Å². The normalized spacial score (nSPS) is 11.1. The third-order valence-electron chi connectivity index (χ3n) is 3.13. The molecule has 1 N–H and O–H groups in total. The SMILES string of the molecule is COc1ccc(S(=O)(=O)Nc2cc(C)cc(C)c2)cc1[N+](=O)[O-]. The van der Waals surface area contributed by atoms with Crippen molar-refractivity contribution in [1.29, 1.82) is 0 Å². The number of rotatable bonds is 5. The summed E-state index contributed by atoms with van der Waals surface area (Å²) in [5.74, 6) is 0.000324. The predicted octanol–water partition coefficient (Wildman–Crippen LogP) is 3.02. The molecule has 0 unspecified atom stereocenters. The topological polar surface area (TPSA) is 98.5 Å². The molecule has 0 fully saturated rings. The number of hydrogen-bond donors (Lipinski definition) is 1. The van der Waals surface area contributed by atoms with Crippen LogP contribution < -0.4 is 9.46 Å². The van der Waals surface area contributed by atoms with Gasteiger partial charge < -0.3 is 4.74 Å². The van der Waals surface area contributed by atoms with E-state index in [2.05, 4.69) is 4.72 Å². The van der Waals surface area contributed by atoms with Gasteiger partial charge in [-0.1, -0.05) is 6.07 Å². The number of hydrogen-bond acceptors (Lipinski definition) is 5. The van der Waals surface area contributed by atoms with Gasteiger partial charge in [0.25, 0.3) is 10.0 Å². The average Bonchev–Trinajstić information content (AvgIpc) is 2.44. The van der Waals surface area contributed by atoms with Crippen molar-refractivity contribution in [2.45, 2.75) is 18.7 Å². The van der Waals surface area contributed by atoms with Crippen LogP contribution in [0.5, 0.6) is 5.75 Å². The third-order valence-corrected chi connectivity index (χ3v) is 4.51. The Hall–Kier alpha value is -2.61. The minimum absolute atomic E-state index is 0.000324. The Morgan fingerprint density at radius 3 is 2.22 bits per heavy atom. The quantitative estimate of drug-likeness (QED) is 0.668. The van der Waals surface area contributed by atoms with Gasteiger partial charge >= 0.3 is 5.69 Å². The highest BCUT2D eigenvalue weighted by atomic mass is 32.2. The molecule has 0 aromatic heterocycles. The zero-order valence-electron chi connectivity index (χ0n) is 12.9. The number of nitrogens with zero attached hydrogens (tertiary/aromatic N) is 1. The molecule has 0 spiro atoms. The summed E-state index contributed by atoms with van der Waals surface area (Å²) in [6.45, 7) is 3.70. The Balaban J connectivity index is 2.43. The molecule has 0 amide bonds. The van der Waals surface area contributed by atoms with E-state index in [0.29, 0.717) is 5.69 Å². The molecule has 0 aliphatic carbocycles. The number of ether oxygens (including phenoxy) is 1. The van der Waals surface area contributed by atoms with Crippen LogP contribution in [0.4, 0.5) is 11.4 Å². The van der Waals surface area contributed by atoms with Crippen LogP contribution >= 0.6 is 0 Å². The number of nitro benzene ring substituents is 1. The lowest BCUT2D eigenvalue weighted by Crippen LogP contribution is -2.13. The lowest BCUT2D eigenvalue weighted by molar-refractivity contribution is -0.386. The number of sulfonamides is 1. The van der Waals surface area contributed by atoms with Crippen molar-refractivity contribution in [2.75, 3.05) is 11.8 Å². The van der Waals surface area contributed by atoms with Crippen LogP contribution in [0, 0.1) is 24.0 Å². The first-order valence-electron chi connectivity index (χ1n) is 6.66. The maximum Gasteiger partial charge on any atom is 0.312 e. The number of anilines is 1. The molecular formula is C15H16N2O5S. The van der Waals surface area contributed by atoms with Crippen LogP contribution in [0.15, 0.2) is 41.3 Å². The molecule has 0 saturated carbocycles. The van der Waals surface area contributed by atoms with Crippen LogP contribution in [0.2, 0.25) is 0 Å². The number of benzene rings is 2. The fraction of sp³-hybridized carbons (Fsp3) is 0.200. The van der Waals surface area contributed by atoms with E-state index in [9.17, 15) is 18.5 Å². The standard InChI is InChI=1S/C15H16N2O5S/c1-10-6-11(2)8-12(7-10)16-23(20,21)13-4-5-15(22-3)14(9-13)17(18)19/h4-9,16H,1-3H3. The Morgan fingerprint density at radius 2 is 1.70 bits per heavy atom. The molecular weight excluding hydrogens is 320 g/mol. The molecule has 0 bridgehead atoms. The van der Waals surface area contributed by atoms with Gasteiger partial charge in [0, 0.05) is 11.8 Å². The predicted molar refractivity (Wildman–Crippen MR) is 86.4 cm³/mol. The average molecular weight is 336 g/mol. The van der Waals surface area contributed by atoms with Gasteiger partial charge in [0.05, 0.1) is 16.9 Å². The molecule has 122 valence electrons. The molecule has 0 aliphatic rings. The summed E-state index contributed by atoms with van der Waals surface area (Å²) < 4.78 is 32.1. The van der Waals surface area contributed by atoms with Crippen LogP contribution in [-0.4, -0.2) is 20.5 Å². The van der Waals surface area contributed by atoms with Crippen molar-refractivity contribution in [3.8, 4) is 5.75 Å². The van der Waals surface area contributed by atoms with Gasteiger partial charge in [-0.05, 0) is 49.2 Å². The van der Waals surface area contributed by atoms with Gasteiger partial charge in [-0.3, -0.25) is 14.8 Å². The Bertz CT molecular complexity index is 842. The van der Waals surface area contributed by atoms with E-state index >= 15 is 0 Å². The van der Waals surface area contributed by atoms with E-state index in [4.69, 9.17) is 4.74 Å². The highest BCUT2D eigenvalue weighted by molar-refractivity contribution is 7.92. The molecule has 2 rings (SSSR count). The Labute approximate surface area is 134 Å². The smallest absolute Gasteiger partial charge is 0.312 e. The summed E-state index contributed by atoms with van der Waals surface area (Å²) in [6, 6.07) is 8.77. The lowest BCUT2D eigenvalue weighted by atomic mass is 10.1. The van der Waals surface area contributed by atoms with Crippen molar-refractivity contribution in [3.63, 3.8) is 0 Å². The van der Waals surface area contributed by atoms with Crippen molar-refractivity contribution >= 4 is 21.4 Å². The van der Waals surface area contributed by atoms with E-state index < -0.39 is 20.6 Å². The molecule has 2 aromatic carbocycles. The second-order valence-electron chi connectivity index (χ2n) is 5.07. The molecule has 7 nitrogen and oxygen atoms in total. The monoisotopic (exact) mass is 336 g/mol. The minimum Gasteiger partial charge on any atom is -0.490 e. The Kier molecular flexibility index (Phi) is 4.55. The maximum absolute atomic E-state index is 12.4. The fourth-order valence-corrected chi connectivity index (χ4v) is 3.29. The molecule has 0 heterocycles. The summed E-state index contributed by atoms with van der Waals surface area (Å²) in [5, 5.41) is 11.0. The van der Waals surface area contributed by atoms with E-state index in [1.54, 1.807) is 12.1 Å². The first-order valence-corrected chi connectivity index (χ1v) is 8.15. The van der Waals surface area contributed by atoms with Gasteiger partial charge in [0.2, 0.25) is 0 Å². The van der Waals surface area contributed by atoms with Gasteiger partial charge in [-0.15, -0.1) is 0 Å².